The third-order valence-electron chi connectivity index (χ3n) is 3.84. The van der Waals surface area contributed by atoms with E-state index in [-0.39, 0.29) is 18.3 Å². The molecule has 1 fully saturated rings. The number of hydrogen-bond acceptors (Lipinski definition) is 3. The van der Waals surface area contributed by atoms with Crippen LogP contribution in [-0.4, -0.2) is 35.1 Å². The minimum absolute atomic E-state index is 0.101. The van der Waals surface area contributed by atoms with Gasteiger partial charge in [-0.15, -0.1) is 0 Å². The monoisotopic (exact) mass is 336 g/mol. The number of amides is 2. The molecule has 6 heteroatoms. The summed E-state index contributed by atoms with van der Waals surface area (Å²) >= 11 is 0. The summed E-state index contributed by atoms with van der Waals surface area (Å²) < 4.78 is 19.0. The van der Waals surface area contributed by atoms with Gasteiger partial charge >= 0.3 is 6.09 Å². The van der Waals surface area contributed by atoms with Crippen LogP contribution in [0.4, 0.5) is 9.18 Å². The number of carbonyl (C=O) groups is 2. The quantitative estimate of drug-likeness (QED) is 0.922. The van der Waals surface area contributed by atoms with Gasteiger partial charge in [0, 0.05) is 18.7 Å². The number of ether oxygens (including phenoxy) is 1. The van der Waals surface area contributed by atoms with Gasteiger partial charge in [-0.2, -0.15) is 0 Å². The van der Waals surface area contributed by atoms with Crippen LogP contribution >= 0.6 is 0 Å². The van der Waals surface area contributed by atoms with Crippen molar-refractivity contribution in [2.45, 2.75) is 58.2 Å². The van der Waals surface area contributed by atoms with Crippen LogP contribution < -0.4 is 5.32 Å². The molecule has 1 aliphatic rings. The van der Waals surface area contributed by atoms with Crippen molar-refractivity contribution in [3.05, 3.63) is 35.6 Å². The summed E-state index contributed by atoms with van der Waals surface area (Å²) in [6.45, 7) is 5.98. The molecule has 1 aromatic rings. The van der Waals surface area contributed by atoms with Crippen LogP contribution in [0.25, 0.3) is 0 Å². The Balaban J connectivity index is 2.00. The van der Waals surface area contributed by atoms with Crippen LogP contribution in [0, 0.1) is 5.82 Å². The van der Waals surface area contributed by atoms with Crippen LogP contribution in [0.15, 0.2) is 24.3 Å². The number of rotatable bonds is 3. The number of likely N-dealkylation sites (tertiary alicyclic amines) is 1. The Morgan fingerprint density at radius 2 is 2.00 bits per heavy atom. The second-order valence-electron chi connectivity index (χ2n) is 6.99. The molecule has 2 rings (SSSR count). The molecule has 1 saturated heterocycles. The molecular weight excluding hydrogens is 311 g/mol. The first-order chi connectivity index (χ1) is 11.3. The second-order valence-corrected chi connectivity index (χ2v) is 6.99. The lowest BCUT2D eigenvalue weighted by atomic mass is 10.0. The Labute approximate surface area is 142 Å². The van der Waals surface area contributed by atoms with Crippen molar-refractivity contribution in [1.29, 1.82) is 0 Å². The largest absolute Gasteiger partial charge is 0.444 e. The van der Waals surface area contributed by atoms with Crippen LogP contribution in [0.5, 0.6) is 0 Å². The van der Waals surface area contributed by atoms with Gasteiger partial charge in [0.05, 0.1) is 0 Å². The van der Waals surface area contributed by atoms with Crippen LogP contribution in [0.2, 0.25) is 0 Å². The molecule has 0 saturated carbocycles. The lowest BCUT2D eigenvalue weighted by molar-refractivity contribution is -0.127. The van der Waals surface area contributed by atoms with E-state index in [0.717, 1.165) is 12.8 Å². The van der Waals surface area contributed by atoms with Gasteiger partial charge in [-0.1, -0.05) is 18.2 Å². The third-order valence-corrected chi connectivity index (χ3v) is 3.84. The highest BCUT2D eigenvalue weighted by atomic mass is 19.1. The van der Waals surface area contributed by atoms with Gasteiger partial charge in [0.25, 0.3) is 0 Å². The maximum atomic E-state index is 13.6. The van der Waals surface area contributed by atoms with Crippen molar-refractivity contribution in [2.75, 3.05) is 6.54 Å². The van der Waals surface area contributed by atoms with E-state index in [1.165, 1.54) is 11.0 Å². The molecule has 0 bridgehead atoms. The highest BCUT2D eigenvalue weighted by Crippen LogP contribution is 2.21. The number of carbonyl (C=O) groups excluding carboxylic acids is 2. The maximum absolute atomic E-state index is 13.6. The maximum Gasteiger partial charge on any atom is 0.410 e. The topological polar surface area (TPSA) is 58.6 Å². The van der Waals surface area contributed by atoms with Crippen molar-refractivity contribution in [3.63, 3.8) is 0 Å². The molecule has 1 heterocycles. The molecule has 1 N–H and O–H groups in total. The van der Waals surface area contributed by atoms with Crippen LogP contribution in [-0.2, 0) is 16.1 Å². The summed E-state index contributed by atoms with van der Waals surface area (Å²) in [4.78, 5) is 26.3. The van der Waals surface area contributed by atoms with Gasteiger partial charge in [0.15, 0.2) is 0 Å². The van der Waals surface area contributed by atoms with Gasteiger partial charge in [-0.25, -0.2) is 9.18 Å². The summed E-state index contributed by atoms with van der Waals surface area (Å²) in [5.41, 5.74) is -0.187. The fraction of sp³-hybridized carbons (Fsp3) is 0.556. The Hall–Kier alpha value is -2.11. The van der Waals surface area contributed by atoms with E-state index in [2.05, 4.69) is 5.32 Å². The predicted octanol–water partition coefficient (Wildman–Crippen LogP) is 3.23. The van der Waals surface area contributed by atoms with Crippen LogP contribution in [0.1, 0.15) is 45.6 Å². The molecule has 132 valence electrons. The van der Waals surface area contributed by atoms with E-state index in [1.54, 1.807) is 39.0 Å². The van der Waals surface area contributed by atoms with Crippen molar-refractivity contribution in [2.24, 2.45) is 0 Å². The van der Waals surface area contributed by atoms with Crippen molar-refractivity contribution < 1.29 is 18.7 Å². The number of halogens is 1. The molecular formula is C18H25FN2O3. The van der Waals surface area contributed by atoms with E-state index in [4.69, 9.17) is 4.74 Å². The molecule has 0 aromatic heterocycles. The summed E-state index contributed by atoms with van der Waals surface area (Å²) in [7, 11) is 0. The molecule has 0 radical (unpaired) electrons. The lowest BCUT2D eigenvalue weighted by Crippen LogP contribution is -2.53. The van der Waals surface area contributed by atoms with E-state index >= 15 is 0 Å². The van der Waals surface area contributed by atoms with Crippen molar-refractivity contribution in [3.8, 4) is 0 Å². The van der Waals surface area contributed by atoms with Gasteiger partial charge in [-0.05, 0) is 46.1 Å². The van der Waals surface area contributed by atoms with Gasteiger partial charge in [-0.3, -0.25) is 9.69 Å². The highest BCUT2D eigenvalue weighted by molar-refractivity contribution is 5.85. The average molecular weight is 336 g/mol. The molecule has 5 nitrogen and oxygen atoms in total. The normalized spacial score (nSPS) is 18.2. The highest BCUT2D eigenvalue weighted by Gasteiger charge is 2.34. The Morgan fingerprint density at radius 1 is 1.29 bits per heavy atom. The molecule has 1 atom stereocenters. The van der Waals surface area contributed by atoms with Crippen LogP contribution in [0.3, 0.4) is 0 Å². The first-order valence-electron chi connectivity index (χ1n) is 8.28. The van der Waals surface area contributed by atoms with Gasteiger partial charge in [0.1, 0.15) is 17.5 Å². The zero-order valence-electron chi connectivity index (χ0n) is 14.5. The van der Waals surface area contributed by atoms with E-state index in [0.29, 0.717) is 18.5 Å². The third kappa shape index (κ3) is 4.94. The standard InChI is InChI=1S/C18H25FN2O3/c1-18(2,3)24-17(23)21-11-7-6-10-15(21)16(22)20-12-13-8-4-5-9-14(13)19/h4-5,8-9,15H,6-7,10-12H2,1-3H3,(H,20,22)/t15-/m1/s1. The average Bonchev–Trinajstić information content (AvgIpc) is 2.52. The number of benzene rings is 1. The van der Waals surface area contributed by atoms with Gasteiger partial charge in [0.2, 0.25) is 5.91 Å². The van der Waals surface area contributed by atoms with Crippen molar-refractivity contribution in [1.82, 2.24) is 10.2 Å². The molecule has 24 heavy (non-hydrogen) atoms. The van der Waals surface area contributed by atoms with Crippen molar-refractivity contribution >= 4 is 12.0 Å². The van der Waals surface area contributed by atoms with E-state index in [1.807, 2.05) is 0 Å². The minimum atomic E-state index is -0.608. The Bertz CT molecular complexity index is 598. The molecule has 2 amide bonds. The van der Waals surface area contributed by atoms with Gasteiger partial charge < -0.3 is 10.1 Å². The first kappa shape index (κ1) is 18.2. The predicted molar refractivity (Wildman–Crippen MR) is 88.8 cm³/mol. The zero-order chi connectivity index (χ0) is 17.7. The zero-order valence-corrected chi connectivity index (χ0v) is 14.5. The summed E-state index contributed by atoms with van der Waals surface area (Å²) in [5.74, 6) is -0.630. The second kappa shape index (κ2) is 7.64. The molecule has 1 aliphatic heterocycles. The Morgan fingerprint density at radius 3 is 2.67 bits per heavy atom. The number of nitrogens with one attached hydrogen (secondary N) is 1. The molecule has 1 aromatic carbocycles. The number of piperidine rings is 1. The fourth-order valence-electron chi connectivity index (χ4n) is 2.69. The molecule has 0 aliphatic carbocycles. The lowest BCUT2D eigenvalue weighted by Gasteiger charge is -2.35. The fourth-order valence-corrected chi connectivity index (χ4v) is 2.69. The van der Waals surface area contributed by atoms with E-state index < -0.39 is 17.7 Å². The number of nitrogens with zero attached hydrogens (tertiary/aromatic N) is 1. The minimum Gasteiger partial charge on any atom is -0.444 e. The van der Waals surface area contributed by atoms with E-state index in [9.17, 15) is 14.0 Å². The smallest absolute Gasteiger partial charge is 0.410 e. The molecule has 0 spiro atoms. The number of hydrogen-bond donors (Lipinski definition) is 1. The summed E-state index contributed by atoms with van der Waals surface area (Å²) in [5, 5.41) is 2.73. The SMILES string of the molecule is CC(C)(C)OC(=O)N1CCCC[C@@H]1C(=O)NCc1ccccc1F. The summed E-state index contributed by atoms with van der Waals surface area (Å²) in [6.07, 6.45) is 1.82. The Kier molecular flexibility index (Phi) is 5.80. The first-order valence-corrected chi connectivity index (χ1v) is 8.28. The summed E-state index contributed by atoms with van der Waals surface area (Å²) in [6, 6.07) is 5.74. The molecule has 0 unspecified atom stereocenters.